The first-order valence-electron chi connectivity index (χ1n) is 9.68. The molecule has 1 amide bonds. The fourth-order valence-electron chi connectivity index (χ4n) is 3.91. The van der Waals surface area contributed by atoms with Crippen molar-refractivity contribution in [3.8, 4) is 0 Å². The van der Waals surface area contributed by atoms with Gasteiger partial charge in [0, 0.05) is 44.2 Å². The van der Waals surface area contributed by atoms with Crippen LogP contribution in [0.1, 0.15) is 55.5 Å². The molecule has 0 spiro atoms. The highest BCUT2D eigenvalue weighted by atomic mass is 16.5. The van der Waals surface area contributed by atoms with Gasteiger partial charge in [-0.25, -0.2) is 0 Å². The smallest absolute Gasteiger partial charge is 0.220 e. The minimum absolute atomic E-state index is 0.141. The minimum Gasteiger partial charge on any atom is -0.383 e. The van der Waals surface area contributed by atoms with Crippen molar-refractivity contribution in [1.82, 2.24) is 15.1 Å². The Hall–Kier alpha value is -1.40. The maximum Gasteiger partial charge on any atom is 0.220 e. The lowest BCUT2D eigenvalue weighted by molar-refractivity contribution is -0.121. The number of hydrogen-bond acceptors (Lipinski definition) is 4. The third-order valence-electron chi connectivity index (χ3n) is 5.39. The second-order valence-corrected chi connectivity index (χ2v) is 7.20. The van der Waals surface area contributed by atoms with Gasteiger partial charge in [-0.1, -0.05) is 19.3 Å². The number of amides is 1. The number of aromatic nitrogens is 2. The quantitative estimate of drug-likeness (QED) is 0.782. The highest BCUT2D eigenvalue weighted by molar-refractivity contribution is 5.76. The van der Waals surface area contributed by atoms with Crippen molar-refractivity contribution in [2.45, 2.75) is 64.5 Å². The van der Waals surface area contributed by atoms with Crippen LogP contribution in [0.3, 0.4) is 0 Å². The van der Waals surface area contributed by atoms with E-state index in [1.54, 1.807) is 7.11 Å². The zero-order chi connectivity index (χ0) is 17.5. The topological polar surface area (TPSA) is 65.4 Å². The van der Waals surface area contributed by atoms with Gasteiger partial charge in [-0.2, -0.15) is 5.10 Å². The molecule has 6 heteroatoms. The maximum absolute atomic E-state index is 12.2. The maximum atomic E-state index is 12.2. The van der Waals surface area contributed by atoms with Crippen LogP contribution in [0.25, 0.3) is 0 Å². The molecule has 0 aromatic carbocycles. The SMILES string of the molecule is COCCn1nc(CCC(=O)NCC2CCCCC2)c2c1CCOC2. The lowest BCUT2D eigenvalue weighted by Gasteiger charge is -2.21. The van der Waals surface area contributed by atoms with Crippen LogP contribution in [0.5, 0.6) is 0 Å². The second-order valence-electron chi connectivity index (χ2n) is 7.20. The normalized spacial score (nSPS) is 18.1. The van der Waals surface area contributed by atoms with Crippen molar-refractivity contribution in [3.05, 3.63) is 17.0 Å². The summed E-state index contributed by atoms with van der Waals surface area (Å²) in [6, 6.07) is 0. The average Bonchev–Trinajstić information content (AvgIpc) is 3.02. The molecule has 2 heterocycles. The first kappa shape index (κ1) is 18.4. The molecule has 1 aliphatic carbocycles. The first-order chi connectivity index (χ1) is 12.3. The molecule has 1 aromatic rings. The van der Waals surface area contributed by atoms with Gasteiger partial charge in [0.1, 0.15) is 0 Å². The van der Waals surface area contributed by atoms with Crippen LogP contribution in [0.15, 0.2) is 0 Å². The zero-order valence-corrected chi connectivity index (χ0v) is 15.4. The molecule has 1 saturated carbocycles. The molecule has 6 nitrogen and oxygen atoms in total. The lowest BCUT2D eigenvalue weighted by atomic mass is 9.89. The van der Waals surface area contributed by atoms with Gasteiger partial charge in [-0.15, -0.1) is 0 Å². The number of ether oxygens (including phenoxy) is 2. The van der Waals surface area contributed by atoms with E-state index in [9.17, 15) is 4.79 Å². The van der Waals surface area contributed by atoms with Crippen LogP contribution in [0.4, 0.5) is 0 Å². The standard InChI is InChI=1S/C19H31N3O3/c1-24-12-10-22-18-9-11-25-14-16(18)17(21-22)7-8-19(23)20-13-15-5-3-2-4-6-15/h15H,2-14H2,1H3,(H,20,23). The van der Waals surface area contributed by atoms with Crippen LogP contribution in [-0.4, -0.2) is 42.6 Å². The largest absolute Gasteiger partial charge is 0.383 e. The molecule has 0 radical (unpaired) electrons. The number of nitrogens with zero attached hydrogens (tertiary/aromatic N) is 2. The van der Waals surface area contributed by atoms with E-state index in [1.165, 1.54) is 43.4 Å². The number of aryl methyl sites for hydroxylation is 1. The number of fused-ring (bicyclic) bond motifs is 1. The van der Waals surface area contributed by atoms with E-state index in [4.69, 9.17) is 14.6 Å². The third kappa shape index (κ3) is 5.05. The van der Waals surface area contributed by atoms with E-state index in [0.717, 1.165) is 31.8 Å². The van der Waals surface area contributed by atoms with Crippen molar-refractivity contribution in [2.75, 3.05) is 26.9 Å². The summed E-state index contributed by atoms with van der Waals surface area (Å²) in [6.07, 6.45) is 8.56. The fourth-order valence-corrected chi connectivity index (χ4v) is 3.91. The molecule has 0 bridgehead atoms. The summed E-state index contributed by atoms with van der Waals surface area (Å²) >= 11 is 0. The predicted octanol–water partition coefficient (Wildman–Crippen LogP) is 2.23. The lowest BCUT2D eigenvalue weighted by Crippen LogP contribution is -2.30. The van der Waals surface area contributed by atoms with Crippen molar-refractivity contribution >= 4 is 5.91 Å². The second kappa shape index (κ2) is 9.34. The van der Waals surface area contributed by atoms with E-state index in [1.807, 2.05) is 4.68 Å². The van der Waals surface area contributed by atoms with Crippen molar-refractivity contribution in [1.29, 1.82) is 0 Å². The van der Waals surface area contributed by atoms with E-state index in [0.29, 0.717) is 32.0 Å². The molecule has 0 unspecified atom stereocenters. The number of methoxy groups -OCH3 is 1. The Labute approximate surface area is 150 Å². The Morgan fingerprint density at radius 1 is 1.36 bits per heavy atom. The molecule has 1 aliphatic heterocycles. The molecule has 1 aromatic heterocycles. The summed E-state index contributed by atoms with van der Waals surface area (Å²) in [5.41, 5.74) is 3.45. The zero-order valence-electron chi connectivity index (χ0n) is 15.4. The Morgan fingerprint density at radius 2 is 2.20 bits per heavy atom. The predicted molar refractivity (Wildman–Crippen MR) is 95.4 cm³/mol. The molecular formula is C19H31N3O3. The van der Waals surface area contributed by atoms with Crippen molar-refractivity contribution < 1.29 is 14.3 Å². The summed E-state index contributed by atoms with van der Waals surface area (Å²) in [6.45, 7) is 3.60. The van der Waals surface area contributed by atoms with Crippen molar-refractivity contribution in [2.24, 2.45) is 5.92 Å². The van der Waals surface area contributed by atoms with Crippen LogP contribution >= 0.6 is 0 Å². The van der Waals surface area contributed by atoms with Crippen LogP contribution in [-0.2, 0) is 40.3 Å². The summed E-state index contributed by atoms with van der Waals surface area (Å²) in [5, 5.41) is 7.85. The summed E-state index contributed by atoms with van der Waals surface area (Å²) in [5.74, 6) is 0.814. The monoisotopic (exact) mass is 349 g/mol. The minimum atomic E-state index is 0.141. The number of rotatable bonds is 8. The third-order valence-corrected chi connectivity index (χ3v) is 5.39. The van der Waals surface area contributed by atoms with Crippen LogP contribution in [0.2, 0.25) is 0 Å². The number of carbonyl (C=O) groups excluding carboxylic acids is 1. The van der Waals surface area contributed by atoms with Crippen LogP contribution < -0.4 is 5.32 Å². The highest BCUT2D eigenvalue weighted by Crippen LogP contribution is 2.23. The van der Waals surface area contributed by atoms with Gasteiger partial charge in [0.15, 0.2) is 0 Å². The van der Waals surface area contributed by atoms with Gasteiger partial charge in [0.2, 0.25) is 5.91 Å². The average molecular weight is 349 g/mol. The number of nitrogens with one attached hydrogen (secondary N) is 1. The Bertz CT molecular complexity index is 565. The van der Waals surface area contributed by atoms with Gasteiger partial charge in [-0.05, 0) is 18.8 Å². The van der Waals surface area contributed by atoms with E-state index < -0.39 is 0 Å². The summed E-state index contributed by atoms with van der Waals surface area (Å²) in [4.78, 5) is 12.2. The molecular weight excluding hydrogens is 318 g/mol. The molecule has 0 atom stereocenters. The van der Waals surface area contributed by atoms with E-state index in [2.05, 4.69) is 5.32 Å². The highest BCUT2D eigenvalue weighted by Gasteiger charge is 2.21. The Balaban J connectivity index is 1.51. The molecule has 1 N–H and O–H groups in total. The molecule has 2 aliphatic rings. The number of hydrogen-bond donors (Lipinski definition) is 1. The first-order valence-corrected chi connectivity index (χ1v) is 9.68. The van der Waals surface area contributed by atoms with Gasteiger partial charge in [0.25, 0.3) is 0 Å². The fraction of sp³-hybridized carbons (Fsp3) is 0.789. The molecule has 0 saturated heterocycles. The van der Waals surface area contributed by atoms with Crippen molar-refractivity contribution in [3.63, 3.8) is 0 Å². The summed E-state index contributed by atoms with van der Waals surface area (Å²) < 4.78 is 12.8. The van der Waals surface area contributed by atoms with E-state index in [-0.39, 0.29) is 5.91 Å². The van der Waals surface area contributed by atoms with Crippen LogP contribution in [0, 0.1) is 5.92 Å². The van der Waals surface area contributed by atoms with Gasteiger partial charge in [0.05, 0.1) is 32.1 Å². The van der Waals surface area contributed by atoms with E-state index >= 15 is 0 Å². The molecule has 1 fully saturated rings. The van der Waals surface area contributed by atoms with Gasteiger partial charge >= 0.3 is 0 Å². The van der Waals surface area contributed by atoms with Gasteiger partial charge < -0.3 is 14.8 Å². The molecule has 3 rings (SSSR count). The summed E-state index contributed by atoms with van der Waals surface area (Å²) in [7, 11) is 1.70. The van der Waals surface area contributed by atoms with Gasteiger partial charge in [-0.3, -0.25) is 9.48 Å². The Kier molecular flexibility index (Phi) is 6.87. The number of carbonyl (C=O) groups is 1. The molecule has 25 heavy (non-hydrogen) atoms. The Morgan fingerprint density at radius 3 is 3.00 bits per heavy atom. The molecule has 140 valence electrons.